The smallest absolute Gasteiger partial charge is 0.457 e. The van der Waals surface area contributed by atoms with E-state index in [0.717, 1.165) is 17.0 Å². The Balaban J connectivity index is 1.73. The molecule has 0 saturated carbocycles. The first-order valence-electron chi connectivity index (χ1n) is 7.47. The van der Waals surface area contributed by atoms with Crippen molar-refractivity contribution in [3.05, 3.63) is 54.6 Å². The first-order valence-corrected chi connectivity index (χ1v) is 7.47. The lowest BCUT2D eigenvalue weighted by atomic mass is 9.79. The number of hydrogen-bond acceptors (Lipinski definition) is 3. The molecule has 1 heterocycles. The Bertz CT molecular complexity index is 619. The van der Waals surface area contributed by atoms with Crippen molar-refractivity contribution in [2.75, 3.05) is 0 Å². The van der Waals surface area contributed by atoms with Gasteiger partial charge in [0.05, 0.1) is 11.2 Å². The number of hydrogen-bond donors (Lipinski definition) is 0. The molecule has 2 aromatic rings. The molecular weight excluding hydrogens is 275 g/mol. The number of benzene rings is 2. The molecule has 0 spiro atoms. The fourth-order valence-corrected chi connectivity index (χ4v) is 2.25. The summed E-state index contributed by atoms with van der Waals surface area (Å²) in [6.07, 6.45) is 0. The number of rotatable bonds is 3. The molecule has 1 aliphatic heterocycles. The van der Waals surface area contributed by atoms with Gasteiger partial charge in [-0.3, -0.25) is 0 Å². The van der Waals surface area contributed by atoms with Crippen LogP contribution in [-0.2, 0) is 9.31 Å². The first-order chi connectivity index (χ1) is 10.4. The fourth-order valence-electron chi connectivity index (χ4n) is 2.25. The molecule has 22 heavy (non-hydrogen) atoms. The highest BCUT2D eigenvalue weighted by atomic mass is 16.7. The standard InChI is InChI=1S/C18H20BO3/c1-17(2)18(3,4)22-19(21-17)14-10-12-16(13-11-14)20-15-8-6-5-7-9-15/h6-13H,1-4H3. The lowest BCUT2D eigenvalue weighted by Crippen LogP contribution is -2.41. The molecule has 1 aliphatic rings. The Morgan fingerprint density at radius 2 is 1.32 bits per heavy atom. The van der Waals surface area contributed by atoms with Gasteiger partial charge in [-0.1, -0.05) is 24.3 Å². The SMILES string of the molecule is CC1(C)OB(c2ccc(Oc3cc[c]cc3)cc2)OC1(C)C. The molecule has 3 nitrogen and oxygen atoms in total. The van der Waals surface area contributed by atoms with E-state index in [1.807, 2.05) is 48.5 Å². The predicted molar refractivity (Wildman–Crippen MR) is 87.5 cm³/mol. The van der Waals surface area contributed by atoms with Crippen molar-refractivity contribution < 1.29 is 14.0 Å². The van der Waals surface area contributed by atoms with Gasteiger partial charge in [-0.05, 0) is 63.5 Å². The molecule has 4 heteroatoms. The fraction of sp³-hybridized carbons (Fsp3) is 0.333. The lowest BCUT2D eigenvalue weighted by Gasteiger charge is -2.32. The van der Waals surface area contributed by atoms with E-state index in [4.69, 9.17) is 14.0 Å². The van der Waals surface area contributed by atoms with E-state index in [1.165, 1.54) is 0 Å². The van der Waals surface area contributed by atoms with E-state index in [-0.39, 0.29) is 18.3 Å². The van der Waals surface area contributed by atoms with Gasteiger partial charge in [-0.25, -0.2) is 0 Å². The Kier molecular flexibility index (Phi) is 3.75. The molecule has 0 bridgehead atoms. The van der Waals surface area contributed by atoms with Crippen LogP contribution in [0, 0.1) is 6.07 Å². The second-order valence-electron chi connectivity index (χ2n) is 6.50. The van der Waals surface area contributed by atoms with Crippen molar-refractivity contribution in [2.24, 2.45) is 0 Å². The molecule has 0 atom stereocenters. The molecule has 0 aromatic heterocycles. The van der Waals surface area contributed by atoms with Crippen LogP contribution in [0.15, 0.2) is 48.5 Å². The third-order valence-electron chi connectivity index (χ3n) is 4.33. The molecule has 0 unspecified atom stereocenters. The molecule has 0 N–H and O–H groups in total. The third kappa shape index (κ3) is 2.89. The highest BCUT2D eigenvalue weighted by molar-refractivity contribution is 6.62. The van der Waals surface area contributed by atoms with Gasteiger partial charge in [0.1, 0.15) is 11.5 Å². The summed E-state index contributed by atoms with van der Waals surface area (Å²) in [7, 11) is -0.342. The van der Waals surface area contributed by atoms with Gasteiger partial charge in [0.15, 0.2) is 0 Å². The van der Waals surface area contributed by atoms with Gasteiger partial charge in [0, 0.05) is 0 Å². The van der Waals surface area contributed by atoms with Crippen molar-refractivity contribution in [3.63, 3.8) is 0 Å². The minimum atomic E-state index is -0.342. The predicted octanol–water partition coefficient (Wildman–Crippen LogP) is 3.58. The maximum absolute atomic E-state index is 6.04. The van der Waals surface area contributed by atoms with Crippen molar-refractivity contribution in [2.45, 2.75) is 38.9 Å². The van der Waals surface area contributed by atoms with Crippen LogP contribution in [0.4, 0.5) is 0 Å². The molecule has 1 fully saturated rings. The Morgan fingerprint density at radius 1 is 0.818 bits per heavy atom. The minimum Gasteiger partial charge on any atom is -0.457 e. The molecular formula is C18H20BO3. The lowest BCUT2D eigenvalue weighted by molar-refractivity contribution is 0.00578. The van der Waals surface area contributed by atoms with E-state index < -0.39 is 0 Å². The summed E-state index contributed by atoms with van der Waals surface area (Å²) >= 11 is 0. The highest BCUT2D eigenvalue weighted by Crippen LogP contribution is 2.36. The summed E-state index contributed by atoms with van der Waals surface area (Å²) in [6, 6.07) is 18.2. The molecule has 3 rings (SSSR count). The Labute approximate surface area is 132 Å². The summed E-state index contributed by atoms with van der Waals surface area (Å²) in [6.45, 7) is 8.21. The maximum atomic E-state index is 6.04. The largest absolute Gasteiger partial charge is 0.494 e. The van der Waals surface area contributed by atoms with Crippen molar-refractivity contribution >= 4 is 12.6 Å². The van der Waals surface area contributed by atoms with E-state index in [9.17, 15) is 0 Å². The van der Waals surface area contributed by atoms with Crippen LogP contribution in [0.2, 0.25) is 0 Å². The van der Waals surface area contributed by atoms with Crippen molar-refractivity contribution in [3.8, 4) is 11.5 Å². The Hall–Kier alpha value is -1.78. The first kappa shape index (κ1) is 15.1. The zero-order valence-corrected chi connectivity index (χ0v) is 13.4. The van der Waals surface area contributed by atoms with Gasteiger partial charge < -0.3 is 14.0 Å². The summed E-state index contributed by atoms with van der Waals surface area (Å²) in [5, 5.41) is 0. The van der Waals surface area contributed by atoms with Gasteiger partial charge in [-0.2, -0.15) is 0 Å². The monoisotopic (exact) mass is 295 g/mol. The van der Waals surface area contributed by atoms with Crippen LogP contribution in [0.5, 0.6) is 11.5 Å². The van der Waals surface area contributed by atoms with E-state index >= 15 is 0 Å². The average molecular weight is 295 g/mol. The van der Waals surface area contributed by atoms with Crippen LogP contribution >= 0.6 is 0 Å². The van der Waals surface area contributed by atoms with Gasteiger partial charge in [0.25, 0.3) is 0 Å². The Morgan fingerprint density at radius 3 is 1.86 bits per heavy atom. The van der Waals surface area contributed by atoms with Crippen LogP contribution in [0.3, 0.4) is 0 Å². The van der Waals surface area contributed by atoms with Crippen LogP contribution in [0.1, 0.15) is 27.7 Å². The molecule has 2 aromatic carbocycles. The maximum Gasteiger partial charge on any atom is 0.494 e. The summed E-state index contributed by atoms with van der Waals surface area (Å²) in [4.78, 5) is 0. The van der Waals surface area contributed by atoms with Crippen LogP contribution < -0.4 is 10.2 Å². The topological polar surface area (TPSA) is 27.7 Å². The number of ether oxygens (including phenoxy) is 1. The van der Waals surface area contributed by atoms with Gasteiger partial charge in [0.2, 0.25) is 0 Å². The van der Waals surface area contributed by atoms with Crippen molar-refractivity contribution in [1.29, 1.82) is 0 Å². The zero-order valence-electron chi connectivity index (χ0n) is 13.4. The molecule has 1 saturated heterocycles. The average Bonchev–Trinajstić information content (AvgIpc) is 2.69. The van der Waals surface area contributed by atoms with E-state index in [2.05, 4.69) is 33.8 Å². The van der Waals surface area contributed by atoms with E-state index in [1.54, 1.807) is 0 Å². The van der Waals surface area contributed by atoms with Gasteiger partial charge in [-0.15, -0.1) is 0 Å². The van der Waals surface area contributed by atoms with Crippen LogP contribution in [0.25, 0.3) is 0 Å². The molecule has 1 radical (unpaired) electrons. The second-order valence-corrected chi connectivity index (χ2v) is 6.50. The molecule has 0 amide bonds. The van der Waals surface area contributed by atoms with Gasteiger partial charge >= 0.3 is 7.12 Å². The summed E-state index contributed by atoms with van der Waals surface area (Å²) < 4.78 is 17.9. The van der Waals surface area contributed by atoms with E-state index in [0.29, 0.717) is 0 Å². The zero-order chi connectivity index (χ0) is 15.8. The summed E-state index contributed by atoms with van der Waals surface area (Å²) in [5.74, 6) is 1.58. The second kappa shape index (κ2) is 5.45. The van der Waals surface area contributed by atoms with Crippen LogP contribution in [-0.4, -0.2) is 18.3 Å². The van der Waals surface area contributed by atoms with Crippen molar-refractivity contribution in [1.82, 2.24) is 0 Å². The summed E-state index contributed by atoms with van der Waals surface area (Å²) in [5.41, 5.74) is 0.341. The molecule has 113 valence electrons. The molecule has 0 aliphatic carbocycles. The third-order valence-corrected chi connectivity index (χ3v) is 4.33. The highest BCUT2D eigenvalue weighted by Gasteiger charge is 2.51. The quantitative estimate of drug-likeness (QED) is 0.810. The normalized spacial score (nSPS) is 19.2. The minimum absolute atomic E-state index is 0.326.